The largest absolute Gasteiger partial charge is 0.388 e. The Labute approximate surface area is 409 Å². The molecule has 8 heterocycles. The maximum Gasteiger partial charge on any atom is 0.257 e. The molecule has 15 nitrogen and oxygen atoms in total. The highest BCUT2D eigenvalue weighted by molar-refractivity contribution is 6.15. The molecule has 5 fully saturated rings. The Bertz CT molecular complexity index is 3000. The molecule has 11 rings (SSSR count). The lowest BCUT2D eigenvalue weighted by Crippen LogP contribution is -2.54. The summed E-state index contributed by atoms with van der Waals surface area (Å²) in [5.74, 6) is -3.14. The Morgan fingerprint density at radius 2 is 1.49 bits per heavy atom. The van der Waals surface area contributed by atoms with Gasteiger partial charge in [0, 0.05) is 131 Å². The summed E-state index contributed by atoms with van der Waals surface area (Å²) >= 11 is 0. The zero-order chi connectivity index (χ0) is 49.3. The third-order valence-corrected chi connectivity index (χ3v) is 16.3. The van der Waals surface area contributed by atoms with Gasteiger partial charge in [0.1, 0.15) is 29.1 Å². The fourth-order valence-electron chi connectivity index (χ4n) is 12.0. The van der Waals surface area contributed by atoms with E-state index in [1.54, 1.807) is 35.0 Å². The number of rotatable bonds is 11. The number of aryl methyl sites for hydroxylation is 1. The van der Waals surface area contributed by atoms with E-state index in [0.717, 1.165) is 79.2 Å². The Hall–Kier alpha value is -6.37. The van der Waals surface area contributed by atoms with E-state index in [2.05, 4.69) is 36.4 Å². The number of anilines is 2. The van der Waals surface area contributed by atoms with Gasteiger partial charge in [-0.05, 0) is 118 Å². The second kappa shape index (κ2) is 18.7. The van der Waals surface area contributed by atoms with E-state index in [1.807, 2.05) is 29.8 Å². The second-order valence-electron chi connectivity index (χ2n) is 20.5. The number of carbonyl (C=O) groups excluding carboxylic acids is 4. The van der Waals surface area contributed by atoms with Gasteiger partial charge >= 0.3 is 0 Å². The number of pyridine rings is 2. The number of nitrogens with zero attached hydrogens (tertiary/aromatic N) is 8. The van der Waals surface area contributed by atoms with Crippen molar-refractivity contribution in [3.8, 4) is 5.69 Å². The van der Waals surface area contributed by atoms with Crippen molar-refractivity contribution in [1.29, 1.82) is 0 Å². The van der Waals surface area contributed by atoms with Crippen molar-refractivity contribution < 1.29 is 32.3 Å². The van der Waals surface area contributed by atoms with Crippen LogP contribution in [0.5, 0.6) is 0 Å². The zero-order valence-corrected chi connectivity index (χ0v) is 40.2. The normalized spacial score (nSPS) is 21.4. The van der Waals surface area contributed by atoms with Gasteiger partial charge in [-0.15, -0.1) is 0 Å². The van der Waals surface area contributed by atoms with Crippen LogP contribution in [-0.2, 0) is 39.9 Å². The second-order valence-corrected chi connectivity index (χ2v) is 20.5. The number of benzene rings is 2. The van der Waals surface area contributed by atoms with Gasteiger partial charge in [-0.2, -0.15) is 0 Å². The first kappa shape index (κ1) is 47.0. The van der Waals surface area contributed by atoms with Crippen molar-refractivity contribution in [1.82, 2.24) is 39.0 Å². The van der Waals surface area contributed by atoms with Crippen LogP contribution < -0.4 is 21.1 Å². The Morgan fingerprint density at radius 3 is 2.17 bits per heavy atom. The van der Waals surface area contributed by atoms with Crippen molar-refractivity contribution in [2.24, 2.45) is 13.0 Å². The van der Waals surface area contributed by atoms with Crippen molar-refractivity contribution >= 4 is 46.0 Å². The van der Waals surface area contributed by atoms with Gasteiger partial charge in [0.05, 0.1) is 16.8 Å². The lowest BCUT2D eigenvalue weighted by Gasteiger charge is -2.39. The molecule has 4 amide bonds. The molecule has 18 heteroatoms. The first-order valence-electron chi connectivity index (χ1n) is 25.1. The number of halogens is 3. The lowest BCUT2D eigenvalue weighted by atomic mass is 9.87. The molecule has 1 aliphatic carbocycles. The molecule has 1 atom stereocenters. The predicted molar refractivity (Wildman–Crippen MR) is 261 cm³/mol. The Kier molecular flexibility index (Phi) is 12.4. The molecule has 3 aromatic heterocycles. The van der Waals surface area contributed by atoms with Gasteiger partial charge in [-0.1, -0.05) is 0 Å². The Balaban J connectivity index is 0.649. The molecule has 1 saturated carbocycles. The van der Waals surface area contributed by atoms with Crippen molar-refractivity contribution in [3.63, 3.8) is 0 Å². The van der Waals surface area contributed by atoms with E-state index < -0.39 is 34.8 Å². The number of fused-ring (bicyclic) bond motifs is 3. The highest BCUT2D eigenvalue weighted by Gasteiger charge is 2.61. The van der Waals surface area contributed by atoms with Crippen LogP contribution in [-0.4, -0.2) is 129 Å². The number of piperazine rings is 1. The van der Waals surface area contributed by atoms with E-state index >= 15 is 13.2 Å². The maximum atomic E-state index is 15.9. The van der Waals surface area contributed by atoms with Gasteiger partial charge in [0.2, 0.25) is 17.7 Å². The molecule has 5 aliphatic heterocycles. The quantitative estimate of drug-likeness (QED) is 0.165. The fourth-order valence-corrected chi connectivity index (χ4v) is 12.0. The summed E-state index contributed by atoms with van der Waals surface area (Å²) in [6.45, 7) is 7.28. The fraction of sp³-hybridized carbons (Fsp3) is 0.472. The molecular weight excluding hydrogens is 914 g/mol. The molecule has 4 saturated heterocycles. The number of imide groups is 1. The summed E-state index contributed by atoms with van der Waals surface area (Å²) in [6.07, 6.45) is 7.81. The number of nitrogens with one attached hydrogen (secondary N) is 2. The number of hydrogen-bond donors (Lipinski definition) is 2. The molecule has 372 valence electrons. The molecule has 6 aliphatic rings. The van der Waals surface area contributed by atoms with Crippen LogP contribution in [0, 0.1) is 23.4 Å². The molecule has 0 unspecified atom stereocenters. The first-order chi connectivity index (χ1) is 34.3. The van der Waals surface area contributed by atoms with Crippen molar-refractivity contribution in [2.45, 2.75) is 81.8 Å². The van der Waals surface area contributed by atoms with E-state index in [0.29, 0.717) is 82.1 Å². The van der Waals surface area contributed by atoms with Gasteiger partial charge in [0.15, 0.2) is 0 Å². The average Bonchev–Trinajstić information content (AvgIpc) is 4.07. The third kappa shape index (κ3) is 8.70. The molecule has 5 aromatic rings. The lowest BCUT2D eigenvalue weighted by molar-refractivity contribution is -0.135. The highest BCUT2D eigenvalue weighted by Crippen LogP contribution is 2.58. The first-order valence-corrected chi connectivity index (χ1v) is 25.1. The van der Waals surface area contributed by atoms with E-state index in [4.69, 9.17) is 0 Å². The van der Waals surface area contributed by atoms with Gasteiger partial charge < -0.3 is 19.7 Å². The van der Waals surface area contributed by atoms with E-state index in [9.17, 15) is 24.0 Å². The van der Waals surface area contributed by atoms with Crippen LogP contribution in [0.25, 0.3) is 16.7 Å². The highest BCUT2D eigenvalue weighted by atomic mass is 19.1. The number of hydrogen-bond acceptors (Lipinski definition) is 10. The topological polar surface area (TPSA) is 148 Å². The number of carbonyl (C=O) groups is 4. The minimum Gasteiger partial charge on any atom is -0.388 e. The summed E-state index contributed by atoms with van der Waals surface area (Å²) in [7, 11) is 3.72. The van der Waals surface area contributed by atoms with Crippen LogP contribution in [0.15, 0.2) is 65.7 Å². The molecule has 0 radical (unpaired) electrons. The van der Waals surface area contributed by atoms with E-state index in [1.165, 1.54) is 23.1 Å². The monoisotopic (exact) mass is 972 g/mol. The maximum absolute atomic E-state index is 15.9. The van der Waals surface area contributed by atoms with Gasteiger partial charge in [0.25, 0.3) is 11.5 Å². The SMILES string of the molecule is CNc1ccn(-c2ccnc3c2cc(CN2CCC(c4c(F)cc(C(=O)N5CCC(CN6CCN(Cc7cc8c(cc7F)N([C@H]7CCC(=O)NC7=O)C(=O)C87CC7)CC6)CC5)cc4F)CC2)n3C)c(=O)c1. The molecule has 2 aromatic carbocycles. The minimum absolute atomic E-state index is 0.0325. The van der Waals surface area contributed by atoms with E-state index in [-0.39, 0.29) is 53.2 Å². The smallest absolute Gasteiger partial charge is 0.257 e. The average molecular weight is 973 g/mol. The predicted octanol–water partition coefficient (Wildman–Crippen LogP) is 5.42. The summed E-state index contributed by atoms with van der Waals surface area (Å²) in [5, 5.41) is 6.18. The molecule has 71 heavy (non-hydrogen) atoms. The zero-order valence-electron chi connectivity index (χ0n) is 40.2. The van der Waals surface area contributed by atoms with Crippen LogP contribution in [0.3, 0.4) is 0 Å². The molecule has 0 bridgehead atoms. The van der Waals surface area contributed by atoms with Crippen LogP contribution in [0.4, 0.5) is 24.5 Å². The number of piperidine rings is 3. The van der Waals surface area contributed by atoms with Crippen LogP contribution in [0.2, 0.25) is 0 Å². The Morgan fingerprint density at radius 1 is 0.789 bits per heavy atom. The number of amides is 4. The van der Waals surface area contributed by atoms with Gasteiger partial charge in [-0.25, -0.2) is 18.2 Å². The molecule has 2 N–H and O–H groups in total. The summed E-state index contributed by atoms with van der Waals surface area (Å²) < 4.78 is 51.1. The third-order valence-electron chi connectivity index (χ3n) is 16.3. The number of likely N-dealkylation sites (tertiary alicyclic amines) is 2. The summed E-state index contributed by atoms with van der Waals surface area (Å²) in [5.41, 5.74) is 4.21. The number of aromatic nitrogens is 3. The van der Waals surface area contributed by atoms with Gasteiger partial charge in [-0.3, -0.25) is 48.6 Å². The van der Waals surface area contributed by atoms with Crippen LogP contribution in [0.1, 0.15) is 90.0 Å². The van der Waals surface area contributed by atoms with Crippen molar-refractivity contribution in [2.75, 3.05) is 76.2 Å². The van der Waals surface area contributed by atoms with Crippen molar-refractivity contribution in [3.05, 3.63) is 117 Å². The van der Waals surface area contributed by atoms with Crippen LogP contribution >= 0.6 is 0 Å². The summed E-state index contributed by atoms with van der Waals surface area (Å²) in [4.78, 5) is 79.4. The minimum atomic E-state index is -0.826. The summed E-state index contributed by atoms with van der Waals surface area (Å²) in [6, 6.07) is 12.1. The molecule has 1 spiro atoms. The standard InChI is InChI=1S/C53H59F3N10O5/c1-57-36-10-18-65(47(68)26-36)43-5-13-58-49-38(43)27-37(60(49)2)31-61-14-8-33(9-15-61)48-41(55)24-34(25-42(48)56)51(70)64-16-6-32(7-17-64)29-62-19-21-63(22-20-62)30-35-23-39-45(28-40(35)54)66(52(71)53(39)11-12-53)44-3-4-46(67)59-50(44)69/h5,10,13,18,23-28,32-33,44,57H,3-4,6-9,11-12,14-17,19-22,29-31H2,1-2H3,(H,59,67,69)/t44-/m0/s1. The molecular formula is C53H59F3N10O5.